The Morgan fingerprint density at radius 3 is 2.00 bits per heavy atom. The van der Waals surface area contributed by atoms with E-state index >= 15 is 0 Å². The van der Waals surface area contributed by atoms with Crippen LogP contribution in [0, 0.1) is 22.7 Å². The highest BCUT2D eigenvalue weighted by Gasteiger charge is 2.48. The fourth-order valence-corrected chi connectivity index (χ4v) is 4.68. The van der Waals surface area contributed by atoms with Crippen LogP contribution in [-0.2, 0) is 0 Å². The second kappa shape index (κ2) is 4.94. The first-order valence-electron chi connectivity index (χ1n) is 7.97. The minimum absolute atomic E-state index is 0.558. The zero-order valence-corrected chi connectivity index (χ0v) is 12.5. The van der Waals surface area contributed by atoms with Crippen molar-refractivity contribution in [2.24, 2.45) is 22.7 Å². The third-order valence-corrected chi connectivity index (χ3v) is 6.66. The summed E-state index contributed by atoms with van der Waals surface area (Å²) in [7, 11) is 0. The predicted octanol–water partition coefficient (Wildman–Crippen LogP) is 5.81. The summed E-state index contributed by atoms with van der Waals surface area (Å²) in [5.41, 5.74) is 1.15. The summed E-state index contributed by atoms with van der Waals surface area (Å²) in [5, 5.41) is 0. The Bertz CT molecular complexity index is 247. The fraction of sp³-hybridized carbons (Fsp3) is 1.00. The molecular weight excluding hydrogens is 204 g/mol. The van der Waals surface area contributed by atoms with Gasteiger partial charge in [-0.1, -0.05) is 72.6 Å². The summed E-state index contributed by atoms with van der Waals surface area (Å²) in [6, 6.07) is 0. The molecule has 17 heavy (non-hydrogen) atoms. The predicted molar refractivity (Wildman–Crippen MR) is 76.1 cm³/mol. The van der Waals surface area contributed by atoms with Crippen molar-refractivity contribution in [1.29, 1.82) is 0 Å². The first kappa shape index (κ1) is 13.4. The average Bonchev–Trinajstić information content (AvgIpc) is 2.33. The largest absolute Gasteiger partial charge is 0.0617 e. The highest BCUT2D eigenvalue weighted by Crippen LogP contribution is 2.57. The third kappa shape index (κ3) is 2.42. The van der Waals surface area contributed by atoms with Crippen LogP contribution in [0.5, 0.6) is 0 Å². The van der Waals surface area contributed by atoms with Crippen molar-refractivity contribution >= 4 is 0 Å². The van der Waals surface area contributed by atoms with E-state index in [9.17, 15) is 0 Å². The topological polar surface area (TPSA) is 0 Å². The Balaban J connectivity index is 2.11. The average molecular weight is 236 g/mol. The van der Waals surface area contributed by atoms with E-state index in [1.807, 2.05) is 0 Å². The molecule has 2 saturated carbocycles. The van der Waals surface area contributed by atoms with Gasteiger partial charge in [-0.2, -0.15) is 0 Å². The van der Waals surface area contributed by atoms with E-state index in [2.05, 4.69) is 27.7 Å². The minimum atomic E-state index is 0.558. The smallest absolute Gasteiger partial charge is 0.0246 e. The molecule has 2 unspecified atom stereocenters. The van der Waals surface area contributed by atoms with Gasteiger partial charge in [-0.25, -0.2) is 0 Å². The lowest BCUT2D eigenvalue weighted by atomic mass is 9.51. The van der Waals surface area contributed by atoms with Gasteiger partial charge in [0, 0.05) is 0 Å². The summed E-state index contributed by atoms with van der Waals surface area (Å²) in [5.74, 6) is 1.95. The summed E-state index contributed by atoms with van der Waals surface area (Å²) < 4.78 is 0. The van der Waals surface area contributed by atoms with E-state index in [4.69, 9.17) is 0 Å². The molecule has 2 aliphatic carbocycles. The molecule has 2 atom stereocenters. The Labute approximate surface area is 109 Å². The van der Waals surface area contributed by atoms with E-state index in [1.165, 1.54) is 57.8 Å². The molecule has 0 radical (unpaired) electrons. The van der Waals surface area contributed by atoms with E-state index in [0.29, 0.717) is 10.8 Å². The van der Waals surface area contributed by atoms with Crippen LogP contribution in [0.4, 0.5) is 0 Å². The van der Waals surface area contributed by atoms with Crippen molar-refractivity contribution in [3.63, 3.8) is 0 Å². The normalized spacial score (nSPS) is 36.7. The van der Waals surface area contributed by atoms with Crippen LogP contribution in [0.15, 0.2) is 0 Å². The van der Waals surface area contributed by atoms with Gasteiger partial charge in [-0.05, 0) is 35.5 Å². The van der Waals surface area contributed by atoms with Crippen molar-refractivity contribution in [3.8, 4) is 0 Å². The highest BCUT2D eigenvalue weighted by atomic mass is 14.5. The lowest BCUT2D eigenvalue weighted by molar-refractivity contribution is -0.0456. The maximum Gasteiger partial charge on any atom is -0.0246 e. The van der Waals surface area contributed by atoms with Crippen molar-refractivity contribution in [1.82, 2.24) is 0 Å². The lowest BCUT2D eigenvalue weighted by Crippen LogP contribution is -2.45. The monoisotopic (exact) mass is 236 g/mol. The van der Waals surface area contributed by atoms with Gasteiger partial charge in [0.25, 0.3) is 0 Å². The molecule has 0 aromatic heterocycles. The second-order valence-electron chi connectivity index (χ2n) is 7.70. The molecule has 0 spiro atoms. The Morgan fingerprint density at radius 1 is 0.824 bits per heavy atom. The Kier molecular flexibility index (Phi) is 3.90. The maximum absolute atomic E-state index is 2.60. The molecule has 0 aromatic carbocycles. The zero-order chi connectivity index (χ0) is 12.5. The van der Waals surface area contributed by atoms with Crippen molar-refractivity contribution in [3.05, 3.63) is 0 Å². The molecule has 0 heterocycles. The molecule has 0 heteroatoms. The van der Waals surface area contributed by atoms with Crippen LogP contribution in [0.2, 0.25) is 0 Å². The van der Waals surface area contributed by atoms with E-state index < -0.39 is 0 Å². The molecule has 0 aliphatic heterocycles. The molecule has 0 aromatic rings. The molecule has 0 saturated heterocycles. The number of hydrogen-bond acceptors (Lipinski definition) is 0. The summed E-state index contributed by atoms with van der Waals surface area (Å²) in [6.07, 6.45) is 13.3. The van der Waals surface area contributed by atoms with Crippen LogP contribution in [0.1, 0.15) is 85.5 Å². The molecule has 100 valence electrons. The van der Waals surface area contributed by atoms with Gasteiger partial charge in [0.1, 0.15) is 0 Å². The van der Waals surface area contributed by atoms with E-state index in [-0.39, 0.29) is 0 Å². The van der Waals surface area contributed by atoms with Gasteiger partial charge in [0.05, 0.1) is 0 Å². The zero-order valence-electron chi connectivity index (χ0n) is 12.5. The van der Waals surface area contributed by atoms with Gasteiger partial charge in [0.2, 0.25) is 0 Å². The summed E-state index contributed by atoms with van der Waals surface area (Å²) in [6.45, 7) is 10.2. The van der Waals surface area contributed by atoms with Gasteiger partial charge in [-0.15, -0.1) is 0 Å². The van der Waals surface area contributed by atoms with Crippen LogP contribution in [0.25, 0.3) is 0 Å². The Morgan fingerprint density at radius 2 is 1.41 bits per heavy atom. The third-order valence-electron chi connectivity index (χ3n) is 6.66. The van der Waals surface area contributed by atoms with Gasteiger partial charge in [-0.3, -0.25) is 0 Å². The quantitative estimate of drug-likeness (QED) is 0.567. The van der Waals surface area contributed by atoms with Gasteiger partial charge in [0.15, 0.2) is 0 Å². The molecule has 0 bridgehead atoms. The SMILES string of the molecule is CC(C1CCCCC1)C1(C)CCCCC1(C)C. The van der Waals surface area contributed by atoms with E-state index in [1.54, 1.807) is 0 Å². The second-order valence-corrected chi connectivity index (χ2v) is 7.70. The first-order chi connectivity index (χ1) is 7.97. The highest BCUT2D eigenvalue weighted by molar-refractivity contribution is 4.97. The molecule has 0 nitrogen and oxygen atoms in total. The van der Waals surface area contributed by atoms with Crippen molar-refractivity contribution in [2.45, 2.75) is 85.5 Å². The Hall–Kier alpha value is 0. The number of hydrogen-bond donors (Lipinski definition) is 0. The van der Waals surface area contributed by atoms with Crippen molar-refractivity contribution in [2.75, 3.05) is 0 Å². The molecule has 2 fully saturated rings. The molecular formula is C17H32. The van der Waals surface area contributed by atoms with Crippen LogP contribution in [-0.4, -0.2) is 0 Å². The molecule has 2 aliphatic rings. The molecule has 0 amide bonds. The summed E-state index contributed by atoms with van der Waals surface area (Å²) >= 11 is 0. The minimum Gasteiger partial charge on any atom is -0.0617 e. The fourth-order valence-electron chi connectivity index (χ4n) is 4.68. The van der Waals surface area contributed by atoms with Crippen LogP contribution in [0.3, 0.4) is 0 Å². The first-order valence-corrected chi connectivity index (χ1v) is 7.97. The van der Waals surface area contributed by atoms with Crippen LogP contribution < -0.4 is 0 Å². The van der Waals surface area contributed by atoms with Gasteiger partial charge < -0.3 is 0 Å². The maximum atomic E-state index is 2.60. The van der Waals surface area contributed by atoms with E-state index in [0.717, 1.165) is 11.8 Å². The summed E-state index contributed by atoms with van der Waals surface area (Å²) in [4.78, 5) is 0. The molecule has 2 rings (SSSR count). The van der Waals surface area contributed by atoms with Crippen LogP contribution >= 0.6 is 0 Å². The standard InChI is InChI=1S/C17H32/c1-14(15-10-6-5-7-11-15)17(4)13-9-8-12-16(17,2)3/h14-15H,5-13H2,1-4H3. The number of rotatable bonds is 2. The van der Waals surface area contributed by atoms with Gasteiger partial charge >= 0.3 is 0 Å². The molecule has 0 N–H and O–H groups in total. The van der Waals surface area contributed by atoms with Crippen molar-refractivity contribution < 1.29 is 0 Å². The lowest BCUT2D eigenvalue weighted by Gasteiger charge is -2.54.